The average molecular weight is 364 g/mol. The van der Waals surface area contributed by atoms with Crippen molar-refractivity contribution in [2.45, 2.75) is 51.5 Å². The van der Waals surface area contributed by atoms with Crippen LogP contribution in [-0.4, -0.2) is 77.1 Å². The summed E-state index contributed by atoms with van der Waals surface area (Å²) < 4.78 is 7.22. The Morgan fingerprint density at radius 2 is 2.00 bits per heavy atom. The van der Waals surface area contributed by atoms with Crippen molar-refractivity contribution in [3.05, 3.63) is 11.9 Å². The van der Waals surface area contributed by atoms with Gasteiger partial charge in [-0.1, -0.05) is 24.5 Å². The van der Waals surface area contributed by atoms with Crippen LogP contribution in [0.15, 0.2) is 6.20 Å². The van der Waals surface area contributed by atoms with Gasteiger partial charge in [-0.2, -0.15) is 0 Å². The van der Waals surface area contributed by atoms with Crippen LogP contribution in [0, 0.1) is 5.92 Å². The van der Waals surface area contributed by atoms with Gasteiger partial charge in [-0.15, -0.1) is 5.10 Å². The quantitative estimate of drug-likeness (QED) is 0.662. The SMILES string of the molecule is CN(CCCCN1CCOCC1)C(=O)c1cn(CC2CCCCC2)nn1. The van der Waals surface area contributed by atoms with Gasteiger partial charge >= 0.3 is 0 Å². The lowest BCUT2D eigenvalue weighted by Crippen LogP contribution is -2.37. The molecule has 0 atom stereocenters. The second kappa shape index (κ2) is 10.0. The van der Waals surface area contributed by atoms with E-state index >= 15 is 0 Å². The number of nitrogens with zero attached hydrogens (tertiary/aromatic N) is 5. The molecule has 0 unspecified atom stereocenters. The number of hydrogen-bond acceptors (Lipinski definition) is 5. The molecule has 1 aliphatic carbocycles. The van der Waals surface area contributed by atoms with E-state index in [1.165, 1.54) is 32.1 Å². The Morgan fingerprint density at radius 3 is 2.77 bits per heavy atom. The molecule has 0 N–H and O–H groups in total. The maximum absolute atomic E-state index is 12.5. The predicted octanol–water partition coefficient (Wildman–Crippen LogP) is 2.04. The first kappa shape index (κ1) is 19.3. The molecule has 2 fully saturated rings. The third-order valence-corrected chi connectivity index (χ3v) is 5.60. The van der Waals surface area contributed by atoms with Crippen LogP contribution in [0.25, 0.3) is 0 Å². The van der Waals surface area contributed by atoms with Gasteiger partial charge in [0.2, 0.25) is 0 Å². The topological polar surface area (TPSA) is 63.5 Å². The van der Waals surface area contributed by atoms with Crippen molar-refractivity contribution in [3.8, 4) is 0 Å². The van der Waals surface area contributed by atoms with Crippen molar-refractivity contribution in [2.75, 3.05) is 46.4 Å². The molecule has 146 valence electrons. The normalized spacial score (nSPS) is 19.6. The highest BCUT2D eigenvalue weighted by atomic mass is 16.5. The molecule has 1 aliphatic heterocycles. The number of morpholine rings is 1. The smallest absolute Gasteiger partial charge is 0.275 e. The predicted molar refractivity (Wildman–Crippen MR) is 100 cm³/mol. The lowest BCUT2D eigenvalue weighted by Gasteiger charge is -2.26. The molecule has 7 heteroatoms. The van der Waals surface area contributed by atoms with Gasteiger partial charge in [-0.25, -0.2) is 0 Å². The minimum Gasteiger partial charge on any atom is -0.379 e. The van der Waals surface area contributed by atoms with Gasteiger partial charge < -0.3 is 9.64 Å². The van der Waals surface area contributed by atoms with Crippen molar-refractivity contribution in [1.29, 1.82) is 0 Å². The molecule has 0 bridgehead atoms. The minimum absolute atomic E-state index is 0.0220. The molecule has 3 rings (SSSR count). The van der Waals surface area contributed by atoms with Gasteiger partial charge in [0.05, 0.1) is 19.4 Å². The first-order chi connectivity index (χ1) is 12.7. The summed E-state index contributed by atoms with van der Waals surface area (Å²) in [6.45, 7) is 6.48. The van der Waals surface area contributed by atoms with Crippen LogP contribution in [-0.2, 0) is 11.3 Å². The number of rotatable bonds is 8. The highest BCUT2D eigenvalue weighted by Crippen LogP contribution is 2.24. The van der Waals surface area contributed by atoms with Crippen LogP contribution in [0.4, 0.5) is 0 Å². The molecule has 26 heavy (non-hydrogen) atoms. The molecular weight excluding hydrogens is 330 g/mol. The van der Waals surface area contributed by atoms with Gasteiger partial charge in [0.1, 0.15) is 0 Å². The second-order valence-corrected chi connectivity index (χ2v) is 7.72. The van der Waals surface area contributed by atoms with Gasteiger partial charge in [0.25, 0.3) is 5.91 Å². The van der Waals surface area contributed by atoms with Gasteiger partial charge in [-0.3, -0.25) is 14.4 Å². The number of hydrogen-bond donors (Lipinski definition) is 0. The summed E-state index contributed by atoms with van der Waals surface area (Å²) in [7, 11) is 1.86. The summed E-state index contributed by atoms with van der Waals surface area (Å²) >= 11 is 0. The van der Waals surface area contributed by atoms with E-state index in [-0.39, 0.29) is 5.91 Å². The Kier molecular flexibility index (Phi) is 7.43. The molecule has 2 aliphatic rings. The van der Waals surface area contributed by atoms with Gasteiger partial charge in [-0.05, 0) is 38.1 Å². The van der Waals surface area contributed by atoms with Crippen LogP contribution in [0.1, 0.15) is 55.4 Å². The molecule has 0 spiro atoms. The summed E-state index contributed by atoms with van der Waals surface area (Å²) in [6.07, 6.45) is 10.5. The zero-order valence-corrected chi connectivity index (χ0v) is 16.1. The third kappa shape index (κ3) is 5.77. The Labute approximate surface area is 156 Å². The summed E-state index contributed by atoms with van der Waals surface area (Å²) in [5, 5.41) is 8.28. The number of carbonyl (C=O) groups excluding carboxylic acids is 1. The van der Waals surface area contributed by atoms with Crippen LogP contribution in [0.5, 0.6) is 0 Å². The summed E-state index contributed by atoms with van der Waals surface area (Å²) in [6, 6.07) is 0. The van der Waals surface area contributed by atoms with Crippen molar-refractivity contribution >= 4 is 5.91 Å². The maximum atomic E-state index is 12.5. The lowest BCUT2D eigenvalue weighted by molar-refractivity contribution is 0.0369. The number of aromatic nitrogens is 3. The molecule has 1 aromatic rings. The number of amides is 1. The van der Waals surface area contributed by atoms with E-state index in [2.05, 4.69) is 15.2 Å². The minimum atomic E-state index is -0.0220. The van der Waals surface area contributed by atoms with E-state index in [0.717, 1.165) is 58.8 Å². The van der Waals surface area contributed by atoms with Crippen molar-refractivity contribution in [2.24, 2.45) is 5.92 Å². The van der Waals surface area contributed by atoms with Crippen LogP contribution in [0.2, 0.25) is 0 Å². The zero-order valence-electron chi connectivity index (χ0n) is 16.1. The fraction of sp³-hybridized carbons (Fsp3) is 0.842. The first-order valence-corrected chi connectivity index (χ1v) is 10.2. The standard InChI is InChI=1S/C19H33N5O2/c1-22(9-5-6-10-23-11-13-26-14-12-23)19(25)18-16-24(21-20-18)15-17-7-3-2-4-8-17/h16-17H,2-15H2,1H3. The molecule has 2 heterocycles. The highest BCUT2D eigenvalue weighted by molar-refractivity contribution is 5.91. The first-order valence-electron chi connectivity index (χ1n) is 10.2. The highest BCUT2D eigenvalue weighted by Gasteiger charge is 2.18. The Balaban J connectivity index is 1.37. The van der Waals surface area contributed by atoms with Crippen LogP contribution in [0.3, 0.4) is 0 Å². The van der Waals surface area contributed by atoms with Crippen molar-refractivity contribution in [1.82, 2.24) is 24.8 Å². The number of carbonyl (C=O) groups is 1. The number of unbranched alkanes of at least 4 members (excludes halogenated alkanes) is 1. The van der Waals surface area contributed by atoms with Crippen LogP contribution >= 0.6 is 0 Å². The maximum Gasteiger partial charge on any atom is 0.275 e. The molecule has 1 saturated heterocycles. The molecule has 1 aromatic heterocycles. The van der Waals surface area contributed by atoms with E-state index in [1.54, 1.807) is 4.90 Å². The van der Waals surface area contributed by atoms with E-state index in [9.17, 15) is 4.79 Å². The molecule has 1 amide bonds. The third-order valence-electron chi connectivity index (χ3n) is 5.60. The molecular formula is C19H33N5O2. The number of ether oxygens (including phenoxy) is 1. The van der Waals surface area contributed by atoms with Crippen molar-refractivity contribution < 1.29 is 9.53 Å². The van der Waals surface area contributed by atoms with Gasteiger partial charge in [0, 0.05) is 33.2 Å². The monoisotopic (exact) mass is 363 g/mol. The Morgan fingerprint density at radius 1 is 1.23 bits per heavy atom. The Bertz CT molecular complexity index is 550. The fourth-order valence-electron chi connectivity index (χ4n) is 3.93. The average Bonchev–Trinajstić information content (AvgIpc) is 3.14. The molecule has 0 aromatic carbocycles. The summed E-state index contributed by atoms with van der Waals surface area (Å²) in [4.78, 5) is 16.7. The van der Waals surface area contributed by atoms with E-state index in [1.807, 2.05) is 17.9 Å². The second-order valence-electron chi connectivity index (χ2n) is 7.72. The van der Waals surface area contributed by atoms with E-state index in [0.29, 0.717) is 11.6 Å². The molecule has 7 nitrogen and oxygen atoms in total. The zero-order chi connectivity index (χ0) is 18.2. The van der Waals surface area contributed by atoms with E-state index < -0.39 is 0 Å². The molecule has 0 radical (unpaired) electrons. The summed E-state index contributed by atoms with van der Waals surface area (Å²) in [5.74, 6) is 0.664. The van der Waals surface area contributed by atoms with Gasteiger partial charge in [0.15, 0.2) is 5.69 Å². The fourth-order valence-corrected chi connectivity index (χ4v) is 3.93. The largest absolute Gasteiger partial charge is 0.379 e. The van der Waals surface area contributed by atoms with Crippen molar-refractivity contribution in [3.63, 3.8) is 0 Å². The lowest BCUT2D eigenvalue weighted by atomic mass is 9.89. The van der Waals surface area contributed by atoms with E-state index in [4.69, 9.17) is 4.74 Å². The van der Waals surface area contributed by atoms with Crippen LogP contribution < -0.4 is 0 Å². The Hall–Kier alpha value is -1.47. The molecule has 1 saturated carbocycles. The summed E-state index contributed by atoms with van der Waals surface area (Å²) in [5.41, 5.74) is 0.469.